The van der Waals surface area contributed by atoms with Crippen molar-refractivity contribution < 1.29 is 23.9 Å². The van der Waals surface area contributed by atoms with Crippen LogP contribution in [0.4, 0.5) is 15.3 Å². The number of thiazole rings is 1. The van der Waals surface area contributed by atoms with Gasteiger partial charge in [-0.25, -0.2) is 19.5 Å². The molecule has 2 N–H and O–H groups in total. The summed E-state index contributed by atoms with van der Waals surface area (Å²) in [4.78, 5) is 44.7. The lowest BCUT2D eigenvalue weighted by molar-refractivity contribution is -0.145. The second-order valence-electron chi connectivity index (χ2n) is 7.99. The van der Waals surface area contributed by atoms with E-state index in [9.17, 15) is 14.4 Å². The number of aromatic nitrogens is 1. The van der Waals surface area contributed by atoms with Gasteiger partial charge in [0, 0.05) is 28.8 Å². The maximum absolute atomic E-state index is 13.4. The Hall–Kier alpha value is -3.83. The smallest absolute Gasteiger partial charge is 0.331 e. The average Bonchev–Trinajstić information content (AvgIpc) is 3.39. The van der Waals surface area contributed by atoms with E-state index >= 15 is 0 Å². The van der Waals surface area contributed by atoms with Gasteiger partial charge in [-0.3, -0.25) is 15.0 Å². The molecule has 0 bridgehead atoms. The van der Waals surface area contributed by atoms with Crippen molar-refractivity contribution >= 4 is 46.7 Å². The van der Waals surface area contributed by atoms with Crippen LogP contribution in [-0.4, -0.2) is 52.8 Å². The molecular weight excluding hydrogens is 506 g/mol. The highest BCUT2D eigenvalue weighted by molar-refractivity contribution is 7.11. The third-order valence-corrected chi connectivity index (χ3v) is 6.29. The molecule has 1 unspecified atom stereocenters. The SMILES string of the molecule is COC(=O)[C@@H](C)CN1C(=O)NC(Nc2ccc(Oc3nccs3)cc2)N(Cc2ccc(Cl)cc2)C1=O. The summed E-state index contributed by atoms with van der Waals surface area (Å²) in [6.07, 6.45) is 0.805. The van der Waals surface area contributed by atoms with Crippen molar-refractivity contribution in [3.63, 3.8) is 0 Å². The summed E-state index contributed by atoms with van der Waals surface area (Å²) in [6.45, 7) is 1.65. The van der Waals surface area contributed by atoms with E-state index in [2.05, 4.69) is 15.6 Å². The predicted molar refractivity (Wildman–Crippen MR) is 135 cm³/mol. The fourth-order valence-corrected chi connectivity index (χ4v) is 4.16. The summed E-state index contributed by atoms with van der Waals surface area (Å²) >= 11 is 7.38. The quantitative estimate of drug-likeness (QED) is 0.385. The van der Waals surface area contributed by atoms with Crippen molar-refractivity contribution in [2.45, 2.75) is 19.8 Å². The zero-order valence-electron chi connectivity index (χ0n) is 19.5. The summed E-state index contributed by atoms with van der Waals surface area (Å²) in [5.74, 6) is -0.600. The highest BCUT2D eigenvalue weighted by atomic mass is 35.5. The van der Waals surface area contributed by atoms with E-state index in [4.69, 9.17) is 21.1 Å². The molecule has 2 heterocycles. The topological polar surface area (TPSA) is 113 Å². The second-order valence-corrected chi connectivity index (χ2v) is 9.29. The number of halogens is 1. The average molecular weight is 530 g/mol. The summed E-state index contributed by atoms with van der Waals surface area (Å²) in [5.41, 5.74) is 1.46. The lowest BCUT2D eigenvalue weighted by Gasteiger charge is -2.41. The van der Waals surface area contributed by atoms with E-state index in [1.807, 2.05) is 5.38 Å². The van der Waals surface area contributed by atoms with Crippen LogP contribution in [0.25, 0.3) is 0 Å². The molecular formula is C24H24ClN5O5S. The van der Waals surface area contributed by atoms with Gasteiger partial charge in [0.15, 0.2) is 6.29 Å². The van der Waals surface area contributed by atoms with Crippen LogP contribution >= 0.6 is 22.9 Å². The van der Waals surface area contributed by atoms with Gasteiger partial charge in [-0.2, -0.15) is 0 Å². The molecule has 0 saturated carbocycles. The number of amides is 4. The van der Waals surface area contributed by atoms with Crippen LogP contribution in [0.1, 0.15) is 12.5 Å². The zero-order valence-corrected chi connectivity index (χ0v) is 21.1. The van der Waals surface area contributed by atoms with Crippen LogP contribution in [0.5, 0.6) is 10.9 Å². The Morgan fingerprint density at radius 3 is 2.56 bits per heavy atom. The second kappa shape index (κ2) is 11.3. The molecule has 0 radical (unpaired) electrons. The number of carbonyl (C=O) groups excluding carboxylic acids is 3. The van der Waals surface area contributed by atoms with Crippen molar-refractivity contribution in [2.75, 3.05) is 19.0 Å². The molecule has 12 heteroatoms. The van der Waals surface area contributed by atoms with Gasteiger partial charge in [0.25, 0.3) is 5.19 Å². The lowest BCUT2D eigenvalue weighted by atomic mass is 10.1. The number of imide groups is 1. The van der Waals surface area contributed by atoms with Gasteiger partial charge in [0.05, 0.1) is 19.6 Å². The van der Waals surface area contributed by atoms with E-state index in [-0.39, 0.29) is 13.1 Å². The first kappa shape index (κ1) is 25.3. The fraction of sp³-hybridized carbons (Fsp3) is 0.250. The number of ether oxygens (including phenoxy) is 2. The van der Waals surface area contributed by atoms with E-state index in [1.165, 1.54) is 23.3 Å². The number of hydrogen-bond donors (Lipinski definition) is 2. The molecule has 2 aromatic carbocycles. The number of esters is 1. The molecule has 2 atom stereocenters. The summed E-state index contributed by atoms with van der Waals surface area (Å²) in [5, 5.41) is 8.89. The van der Waals surface area contributed by atoms with Gasteiger partial charge in [-0.15, -0.1) is 0 Å². The number of anilines is 1. The Bertz CT molecular complexity index is 1210. The molecule has 10 nitrogen and oxygen atoms in total. The highest BCUT2D eigenvalue weighted by Gasteiger charge is 2.39. The molecule has 188 valence electrons. The van der Waals surface area contributed by atoms with Crippen molar-refractivity contribution in [1.29, 1.82) is 0 Å². The predicted octanol–water partition coefficient (Wildman–Crippen LogP) is 4.74. The maximum Gasteiger partial charge on any atom is 0.331 e. The summed E-state index contributed by atoms with van der Waals surface area (Å²) < 4.78 is 10.4. The number of carbonyl (C=O) groups is 3. The van der Waals surface area contributed by atoms with Crippen LogP contribution in [0.15, 0.2) is 60.1 Å². The Kier molecular flexibility index (Phi) is 7.91. The Morgan fingerprint density at radius 1 is 1.19 bits per heavy atom. The molecule has 36 heavy (non-hydrogen) atoms. The summed E-state index contributed by atoms with van der Waals surface area (Å²) in [7, 11) is 1.26. The zero-order chi connectivity index (χ0) is 25.7. The third kappa shape index (κ3) is 6.04. The molecule has 1 fully saturated rings. The normalized spacial score (nSPS) is 16.4. The van der Waals surface area contributed by atoms with Crippen LogP contribution in [0, 0.1) is 5.92 Å². The van der Waals surface area contributed by atoms with Gasteiger partial charge >= 0.3 is 18.0 Å². The van der Waals surface area contributed by atoms with Crippen LogP contribution in [0.3, 0.4) is 0 Å². The molecule has 4 rings (SSSR count). The molecule has 1 aliphatic heterocycles. The fourth-order valence-electron chi connectivity index (χ4n) is 3.53. The number of benzene rings is 2. The Balaban J connectivity index is 1.53. The van der Waals surface area contributed by atoms with E-state index < -0.39 is 30.2 Å². The summed E-state index contributed by atoms with van der Waals surface area (Å²) in [6, 6.07) is 12.9. The minimum atomic E-state index is -0.851. The maximum atomic E-state index is 13.4. The molecule has 4 amide bonds. The molecule has 0 aliphatic carbocycles. The minimum Gasteiger partial charge on any atom is -0.469 e. The number of hydrogen-bond acceptors (Lipinski definition) is 8. The van der Waals surface area contributed by atoms with Crippen molar-refractivity contribution in [2.24, 2.45) is 5.92 Å². The largest absolute Gasteiger partial charge is 0.469 e. The monoisotopic (exact) mass is 529 g/mol. The van der Waals surface area contributed by atoms with Crippen molar-refractivity contribution in [3.8, 4) is 10.9 Å². The minimum absolute atomic E-state index is 0.121. The molecule has 1 aromatic heterocycles. The number of rotatable bonds is 9. The van der Waals surface area contributed by atoms with Crippen molar-refractivity contribution in [1.82, 2.24) is 20.1 Å². The van der Waals surface area contributed by atoms with Crippen LogP contribution < -0.4 is 15.4 Å². The Labute approximate surface area is 216 Å². The lowest BCUT2D eigenvalue weighted by Crippen LogP contribution is -2.67. The first-order valence-corrected chi connectivity index (χ1v) is 12.2. The Morgan fingerprint density at radius 2 is 1.92 bits per heavy atom. The number of nitrogens with one attached hydrogen (secondary N) is 2. The standard InChI is InChI=1S/C24H24ClN5O5S/c1-15(20(31)34-2)13-30-22(32)28-21(29(24(30)33)14-16-3-5-17(25)6-4-16)27-18-7-9-19(10-8-18)35-23-26-11-12-36-23/h3-12,15,21,27H,13-14H2,1-2H3,(H,28,32)/t15-,21?/m0/s1. The first-order chi connectivity index (χ1) is 17.3. The van der Waals surface area contributed by atoms with Gasteiger partial charge in [-0.05, 0) is 42.0 Å². The number of nitrogens with zero attached hydrogens (tertiary/aromatic N) is 3. The van der Waals surface area contributed by atoms with Crippen LogP contribution in [-0.2, 0) is 16.1 Å². The molecule has 3 aromatic rings. The number of methoxy groups -OCH3 is 1. The van der Waals surface area contributed by atoms with E-state index in [0.717, 1.165) is 10.5 Å². The molecule has 1 aliphatic rings. The molecule has 0 spiro atoms. The van der Waals surface area contributed by atoms with Crippen molar-refractivity contribution in [3.05, 3.63) is 70.7 Å². The molecule has 1 saturated heterocycles. The van der Waals surface area contributed by atoms with Gasteiger partial charge < -0.3 is 14.8 Å². The van der Waals surface area contributed by atoms with E-state index in [0.29, 0.717) is 21.7 Å². The van der Waals surface area contributed by atoms with Gasteiger partial charge in [-0.1, -0.05) is 42.0 Å². The first-order valence-electron chi connectivity index (χ1n) is 11.0. The van der Waals surface area contributed by atoms with Crippen LogP contribution in [0.2, 0.25) is 5.02 Å². The third-order valence-electron chi connectivity index (χ3n) is 5.39. The highest BCUT2D eigenvalue weighted by Crippen LogP contribution is 2.26. The van der Waals surface area contributed by atoms with Gasteiger partial charge in [0.2, 0.25) is 0 Å². The van der Waals surface area contributed by atoms with E-state index in [1.54, 1.807) is 61.7 Å². The van der Waals surface area contributed by atoms with Gasteiger partial charge in [0.1, 0.15) is 5.75 Å². The number of urea groups is 2.